The number of Topliss-reactive ketones (excluding diaryl/α,β-unsaturated/α-hetero) is 1. The van der Waals surface area contributed by atoms with Gasteiger partial charge in [-0.15, -0.1) is 0 Å². The van der Waals surface area contributed by atoms with Crippen molar-refractivity contribution in [3.63, 3.8) is 0 Å². The normalized spacial score (nSPS) is 24.4. The number of amides is 3. The molecule has 3 fully saturated rings. The first-order chi connectivity index (χ1) is 24.1. The van der Waals surface area contributed by atoms with E-state index in [0.29, 0.717) is 18.9 Å². The molecule has 1 saturated heterocycles. The van der Waals surface area contributed by atoms with Crippen molar-refractivity contribution < 1.29 is 23.9 Å². The number of nitrogens with one attached hydrogen (secondary N) is 3. The SMILES string of the molecule is C[C@H](NC(=O)[C@H](Cc1ccccc1)NC(=O)[C@H](CC1CCC(C2CCCCC2)CC1)NC(=O)[C@H](Cc1ccccc1)N=[N+]=[N-])C(=O)[C@@]1(C)CO1. The van der Waals surface area contributed by atoms with Crippen LogP contribution in [0.3, 0.4) is 0 Å². The van der Waals surface area contributed by atoms with Crippen LogP contribution >= 0.6 is 0 Å². The minimum Gasteiger partial charge on any atom is -0.361 e. The van der Waals surface area contributed by atoms with Crippen molar-refractivity contribution in [2.45, 2.75) is 121 Å². The molecule has 5 rings (SSSR count). The Kier molecular flexibility index (Phi) is 13.1. The molecule has 0 unspecified atom stereocenters. The Morgan fingerprint density at radius 2 is 1.32 bits per heavy atom. The van der Waals surface area contributed by atoms with Gasteiger partial charge in [0.1, 0.15) is 23.7 Å². The number of nitrogens with zero attached hydrogens (tertiary/aromatic N) is 3. The second-order valence-electron chi connectivity index (χ2n) is 14.8. The van der Waals surface area contributed by atoms with Gasteiger partial charge in [0.25, 0.3) is 0 Å². The van der Waals surface area contributed by atoms with Crippen LogP contribution in [-0.2, 0) is 36.8 Å². The Balaban J connectivity index is 1.32. The summed E-state index contributed by atoms with van der Waals surface area (Å²) in [4.78, 5) is 57.4. The molecule has 2 aromatic rings. The van der Waals surface area contributed by atoms with Crippen molar-refractivity contribution in [2.24, 2.45) is 22.9 Å². The molecular weight excluding hydrogens is 632 g/mol. The first kappa shape index (κ1) is 37.1. The summed E-state index contributed by atoms with van der Waals surface area (Å²) in [5.41, 5.74) is 10.1. The Morgan fingerprint density at radius 3 is 1.90 bits per heavy atom. The molecule has 11 heteroatoms. The van der Waals surface area contributed by atoms with E-state index in [0.717, 1.165) is 42.7 Å². The maximum Gasteiger partial charge on any atom is 0.243 e. The molecular formula is C39H52N6O5. The third-order valence-electron chi connectivity index (χ3n) is 10.9. The maximum atomic E-state index is 14.2. The zero-order valence-corrected chi connectivity index (χ0v) is 29.4. The predicted octanol–water partition coefficient (Wildman–Crippen LogP) is 5.76. The molecule has 268 valence electrons. The summed E-state index contributed by atoms with van der Waals surface area (Å²) >= 11 is 0. The highest BCUT2D eigenvalue weighted by atomic mass is 16.6. The Hall–Kier alpha value is -4.21. The lowest BCUT2D eigenvalue weighted by Crippen LogP contribution is -2.57. The maximum absolute atomic E-state index is 14.2. The van der Waals surface area contributed by atoms with Crippen LogP contribution in [0.2, 0.25) is 0 Å². The van der Waals surface area contributed by atoms with E-state index >= 15 is 0 Å². The Morgan fingerprint density at radius 1 is 0.780 bits per heavy atom. The smallest absolute Gasteiger partial charge is 0.243 e. The van der Waals surface area contributed by atoms with E-state index in [2.05, 4.69) is 26.0 Å². The van der Waals surface area contributed by atoms with Crippen LogP contribution in [-0.4, -0.2) is 59.9 Å². The number of ether oxygens (including phenoxy) is 1. The van der Waals surface area contributed by atoms with Crippen molar-refractivity contribution >= 4 is 23.5 Å². The second kappa shape index (κ2) is 17.6. The molecule has 11 nitrogen and oxygen atoms in total. The molecule has 3 amide bonds. The molecule has 2 aliphatic carbocycles. The summed E-state index contributed by atoms with van der Waals surface area (Å²) in [7, 11) is 0. The number of epoxide rings is 1. The van der Waals surface area contributed by atoms with Crippen LogP contribution in [0.4, 0.5) is 0 Å². The standard InChI is InChI=1S/C39H52N6O5/c1-26(35(46)39(2)25-50-39)41-36(47)32(22-27-12-6-3-7-13-27)42-37(48)33(23-29-18-20-31(21-19-29)30-16-10-5-11-17-30)43-38(49)34(44-45-40)24-28-14-8-4-9-15-28/h3-4,6-9,12-15,26,29-34H,5,10-11,16-25H2,1-2H3,(H,41,47)(H,42,48)(H,43,49)/t26-,29?,31?,32-,33-,34-,39+/m0/s1. The van der Waals surface area contributed by atoms with E-state index in [1.807, 2.05) is 60.7 Å². The summed E-state index contributed by atoms with van der Waals surface area (Å²) in [5.74, 6) is -0.0413. The first-order valence-corrected chi connectivity index (χ1v) is 18.4. The van der Waals surface area contributed by atoms with Crippen molar-refractivity contribution in [1.29, 1.82) is 0 Å². The number of hydrogen-bond donors (Lipinski definition) is 3. The summed E-state index contributed by atoms with van der Waals surface area (Å²) in [6.07, 6.45) is 11.5. The number of azide groups is 1. The lowest BCUT2D eigenvalue weighted by molar-refractivity contribution is -0.134. The molecule has 50 heavy (non-hydrogen) atoms. The number of rotatable bonds is 16. The van der Waals surface area contributed by atoms with Gasteiger partial charge in [-0.25, -0.2) is 0 Å². The molecule has 1 aliphatic heterocycles. The van der Waals surface area contributed by atoms with E-state index < -0.39 is 47.5 Å². The van der Waals surface area contributed by atoms with Crippen LogP contribution < -0.4 is 16.0 Å². The summed E-state index contributed by atoms with van der Waals surface area (Å²) in [6, 6.07) is 14.8. The Labute approximate surface area is 295 Å². The molecule has 3 aliphatic rings. The molecule has 3 N–H and O–H groups in total. The quantitative estimate of drug-likeness (QED) is 0.0884. The monoisotopic (exact) mass is 684 g/mol. The zero-order valence-electron chi connectivity index (χ0n) is 29.4. The molecule has 0 radical (unpaired) electrons. The van der Waals surface area contributed by atoms with Crippen LogP contribution in [0.25, 0.3) is 10.4 Å². The highest BCUT2D eigenvalue weighted by molar-refractivity contribution is 5.98. The van der Waals surface area contributed by atoms with Gasteiger partial charge in [-0.2, -0.15) is 0 Å². The third-order valence-corrected chi connectivity index (χ3v) is 10.9. The number of benzene rings is 2. The number of hydrogen-bond acceptors (Lipinski definition) is 6. The molecule has 0 bridgehead atoms. The topological polar surface area (TPSA) is 166 Å². The van der Waals surface area contributed by atoms with E-state index in [-0.39, 0.29) is 24.5 Å². The van der Waals surface area contributed by atoms with Gasteiger partial charge in [0.05, 0.1) is 12.6 Å². The number of ketones is 1. The van der Waals surface area contributed by atoms with Gasteiger partial charge in [0.2, 0.25) is 17.7 Å². The van der Waals surface area contributed by atoms with Crippen LogP contribution in [0.1, 0.15) is 89.2 Å². The van der Waals surface area contributed by atoms with E-state index in [9.17, 15) is 24.7 Å². The van der Waals surface area contributed by atoms with Crippen LogP contribution in [0, 0.1) is 17.8 Å². The van der Waals surface area contributed by atoms with Crippen LogP contribution in [0.5, 0.6) is 0 Å². The first-order valence-electron chi connectivity index (χ1n) is 18.4. The van der Waals surface area contributed by atoms with Gasteiger partial charge in [0, 0.05) is 11.3 Å². The van der Waals surface area contributed by atoms with Gasteiger partial charge in [-0.1, -0.05) is 111 Å². The molecule has 0 aromatic heterocycles. The average Bonchev–Trinajstić information content (AvgIpc) is 3.90. The second-order valence-corrected chi connectivity index (χ2v) is 14.8. The summed E-state index contributed by atoms with van der Waals surface area (Å²) < 4.78 is 5.30. The highest BCUT2D eigenvalue weighted by Crippen LogP contribution is 2.41. The van der Waals surface area contributed by atoms with Crippen molar-refractivity contribution in [1.82, 2.24) is 16.0 Å². The van der Waals surface area contributed by atoms with Crippen LogP contribution in [0.15, 0.2) is 65.8 Å². The largest absolute Gasteiger partial charge is 0.361 e. The minimum atomic E-state index is -1.05. The summed E-state index contributed by atoms with van der Waals surface area (Å²) in [5, 5.41) is 12.4. The van der Waals surface area contributed by atoms with Gasteiger partial charge in [0.15, 0.2) is 5.78 Å². The fourth-order valence-electron chi connectivity index (χ4n) is 7.84. The summed E-state index contributed by atoms with van der Waals surface area (Å²) in [6.45, 7) is 3.61. The lowest BCUT2D eigenvalue weighted by atomic mass is 9.70. The molecule has 2 aromatic carbocycles. The van der Waals surface area contributed by atoms with Gasteiger partial charge < -0.3 is 20.7 Å². The Bertz CT molecular complexity index is 1500. The molecule has 2 saturated carbocycles. The fourth-order valence-corrected chi connectivity index (χ4v) is 7.84. The molecule has 5 atom stereocenters. The number of carbonyl (C=O) groups excluding carboxylic acids is 4. The third kappa shape index (κ3) is 10.4. The highest BCUT2D eigenvalue weighted by Gasteiger charge is 2.49. The van der Waals surface area contributed by atoms with Gasteiger partial charge >= 0.3 is 0 Å². The van der Waals surface area contributed by atoms with Crippen molar-refractivity contribution in [2.75, 3.05) is 6.61 Å². The van der Waals surface area contributed by atoms with Crippen molar-refractivity contribution in [3.05, 3.63) is 82.2 Å². The number of carbonyl (C=O) groups is 4. The van der Waals surface area contributed by atoms with E-state index in [4.69, 9.17) is 4.74 Å². The lowest BCUT2D eigenvalue weighted by Gasteiger charge is -2.37. The van der Waals surface area contributed by atoms with Crippen molar-refractivity contribution in [3.8, 4) is 0 Å². The van der Waals surface area contributed by atoms with Gasteiger partial charge in [-0.3, -0.25) is 19.2 Å². The molecule has 0 spiro atoms. The average molecular weight is 685 g/mol. The fraction of sp³-hybridized carbons (Fsp3) is 0.590. The zero-order chi connectivity index (χ0) is 35.5. The minimum absolute atomic E-state index is 0.186. The van der Waals surface area contributed by atoms with E-state index in [1.54, 1.807) is 13.8 Å². The van der Waals surface area contributed by atoms with Gasteiger partial charge in [-0.05, 0) is 73.9 Å². The van der Waals surface area contributed by atoms with E-state index in [1.165, 1.54) is 32.1 Å². The predicted molar refractivity (Wildman–Crippen MR) is 191 cm³/mol. The molecule has 1 heterocycles.